The predicted octanol–water partition coefficient (Wildman–Crippen LogP) is 0.463. The average Bonchev–Trinajstić information content (AvgIpc) is 2.65. The molecule has 5 heteroatoms. The van der Waals surface area contributed by atoms with Crippen molar-refractivity contribution in [1.29, 1.82) is 0 Å². The van der Waals surface area contributed by atoms with Gasteiger partial charge in [-0.3, -0.25) is 0 Å². The van der Waals surface area contributed by atoms with Crippen molar-refractivity contribution in [2.24, 2.45) is 0 Å². The summed E-state index contributed by atoms with van der Waals surface area (Å²) >= 11 is 0. The first-order chi connectivity index (χ1) is 6.83. The summed E-state index contributed by atoms with van der Waals surface area (Å²) < 4.78 is 11.7. The molecule has 0 aliphatic carbocycles. The van der Waals surface area contributed by atoms with Gasteiger partial charge in [0.15, 0.2) is 0 Å². The fourth-order valence-corrected chi connectivity index (χ4v) is 0.947. The van der Waals surface area contributed by atoms with Crippen LogP contribution in [-0.4, -0.2) is 35.3 Å². The molecule has 1 aromatic rings. The summed E-state index contributed by atoms with van der Waals surface area (Å²) in [6, 6.07) is 0. The average molecular weight is 198 g/mol. The van der Waals surface area contributed by atoms with E-state index in [0.717, 1.165) is 0 Å². The third-order valence-corrected chi connectivity index (χ3v) is 1.58. The first-order valence-corrected chi connectivity index (χ1v) is 4.52. The van der Waals surface area contributed by atoms with Crippen molar-refractivity contribution in [3.8, 4) is 0 Å². The zero-order valence-electron chi connectivity index (χ0n) is 8.18. The minimum Gasteiger partial charge on any atom is -0.464 e. The van der Waals surface area contributed by atoms with Crippen LogP contribution >= 0.6 is 0 Å². The number of hydrogen-bond acceptors (Lipinski definition) is 4. The molecule has 0 aliphatic rings. The van der Waals surface area contributed by atoms with Gasteiger partial charge in [-0.05, 0) is 6.92 Å². The quantitative estimate of drug-likeness (QED) is 0.492. The zero-order valence-corrected chi connectivity index (χ0v) is 8.18. The van der Waals surface area contributed by atoms with Crippen LogP contribution in [0.15, 0.2) is 18.7 Å². The molecule has 78 valence electrons. The van der Waals surface area contributed by atoms with E-state index in [0.29, 0.717) is 19.8 Å². The van der Waals surface area contributed by atoms with Crippen molar-refractivity contribution < 1.29 is 14.3 Å². The number of hydrogen-bond donors (Lipinski definition) is 0. The summed E-state index contributed by atoms with van der Waals surface area (Å²) in [6.07, 6.45) is 5.24. The third kappa shape index (κ3) is 4.04. The van der Waals surface area contributed by atoms with E-state index >= 15 is 0 Å². The number of ether oxygens (including phenoxy) is 2. The van der Waals surface area contributed by atoms with Crippen LogP contribution in [0.25, 0.3) is 0 Å². The van der Waals surface area contributed by atoms with Gasteiger partial charge in [0, 0.05) is 18.9 Å². The molecule has 1 aromatic heterocycles. The largest absolute Gasteiger partial charge is 0.464 e. The summed E-state index contributed by atoms with van der Waals surface area (Å²) in [4.78, 5) is 14.7. The van der Waals surface area contributed by atoms with Gasteiger partial charge in [-0.15, -0.1) is 0 Å². The van der Waals surface area contributed by atoms with Crippen LogP contribution in [0.4, 0.5) is 0 Å². The standard InChI is InChI=1S/C9H14N2O3/c1-2-14-9(12)7-13-6-5-11-4-3-10-8-11/h3-4,8H,2,5-7H2,1H3. The molecule has 0 radical (unpaired) electrons. The van der Waals surface area contributed by atoms with Gasteiger partial charge in [0.05, 0.1) is 19.5 Å². The third-order valence-electron chi connectivity index (χ3n) is 1.58. The molecule has 0 aliphatic heterocycles. The maximum Gasteiger partial charge on any atom is 0.332 e. The van der Waals surface area contributed by atoms with Crippen molar-refractivity contribution in [3.05, 3.63) is 18.7 Å². The van der Waals surface area contributed by atoms with Crippen molar-refractivity contribution in [3.63, 3.8) is 0 Å². The van der Waals surface area contributed by atoms with Crippen LogP contribution in [0.2, 0.25) is 0 Å². The van der Waals surface area contributed by atoms with Crippen molar-refractivity contribution in [2.45, 2.75) is 13.5 Å². The van der Waals surface area contributed by atoms with E-state index in [-0.39, 0.29) is 12.6 Å². The number of carbonyl (C=O) groups is 1. The lowest BCUT2D eigenvalue weighted by Gasteiger charge is -2.04. The highest BCUT2D eigenvalue weighted by Gasteiger charge is 2.00. The highest BCUT2D eigenvalue weighted by atomic mass is 16.6. The Bertz CT molecular complexity index is 259. The van der Waals surface area contributed by atoms with Gasteiger partial charge < -0.3 is 14.0 Å². The lowest BCUT2D eigenvalue weighted by molar-refractivity contribution is -0.148. The van der Waals surface area contributed by atoms with Crippen LogP contribution < -0.4 is 0 Å². The second-order valence-electron chi connectivity index (χ2n) is 2.66. The Hall–Kier alpha value is -1.36. The molecule has 0 amide bonds. The Morgan fingerprint density at radius 1 is 1.57 bits per heavy atom. The Kier molecular flexibility index (Phi) is 4.71. The number of esters is 1. The molecule has 0 atom stereocenters. The lowest BCUT2D eigenvalue weighted by atomic mass is 10.6. The zero-order chi connectivity index (χ0) is 10.2. The number of imidazole rings is 1. The molecule has 14 heavy (non-hydrogen) atoms. The fourth-order valence-electron chi connectivity index (χ4n) is 0.947. The first kappa shape index (κ1) is 10.7. The van der Waals surface area contributed by atoms with Gasteiger partial charge in [-0.1, -0.05) is 0 Å². The SMILES string of the molecule is CCOC(=O)COCCn1ccnc1. The van der Waals surface area contributed by atoms with E-state index < -0.39 is 0 Å². The Morgan fingerprint density at radius 3 is 3.07 bits per heavy atom. The molecule has 0 fully saturated rings. The molecule has 0 saturated heterocycles. The molecule has 0 N–H and O–H groups in total. The van der Waals surface area contributed by atoms with Gasteiger partial charge in [0.2, 0.25) is 0 Å². The van der Waals surface area contributed by atoms with E-state index in [1.165, 1.54) is 0 Å². The lowest BCUT2D eigenvalue weighted by Crippen LogP contribution is -2.14. The number of rotatable bonds is 6. The van der Waals surface area contributed by atoms with Crippen LogP contribution in [0.1, 0.15) is 6.92 Å². The molecule has 0 spiro atoms. The van der Waals surface area contributed by atoms with Gasteiger partial charge in [-0.2, -0.15) is 0 Å². The van der Waals surface area contributed by atoms with Gasteiger partial charge in [-0.25, -0.2) is 9.78 Å². The number of aromatic nitrogens is 2. The second kappa shape index (κ2) is 6.15. The van der Waals surface area contributed by atoms with Crippen LogP contribution in [0, 0.1) is 0 Å². The van der Waals surface area contributed by atoms with Crippen LogP contribution in [0.3, 0.4) is 0 Å². The van der Waals surface area contributed by atoms with E-state index in [9.17, 15) is 4.79 Å². The molecular weight excluding hydrogens is 184 g/mol. The highest BCUT2D eigenvalue weighted by molar-refractivity contribution is 5.70. The van der Waals surface area contributed by atoms with Crippen molar-refractivity contribution in [1.82, 2.24) is 9.55 Å². The van der Waals surface area contributed by atoms with E-state index in [1.807, 2.05) is 10.8 Å². The van der Waals surface area contributed by atoms with Gasteiger partial charge in [0.25, 0.3) is 0 Å². The second-order valence-corrected chi connectivity index (χ2v) is 2.66. The van der Waals surface area contributed by atoms with Crippen LogP contribution in [0.5, 0.6) is 0 Å². The molecule has 1 heterocycles. The molecule has 1 rings (SSSR count). The maximum atomic E-state index is 10.8. The number of carbonyl (C=O) groups excluding carboxylic acids is 1. The summed E-state index contributed by atoms with van der Waals surface area (Å²) in [5.41, 5.74) is 0. The monoisotopic (exact) mass is 198 g/mol. The fraction of sp³-hybridized carbons (Fsp3) is 0.556. The summed E-state index contributed by atoms with van der Waals surface area (Å²) in [6.45, 7) is 3.35. The highest BCUT2D eigenvalue weighted by Crippen LogP contribution is 1.87. The molecule has 0 saturated carbocycles. The summed E-state index contributed by atoms with van der Waals surface area (Å²) in [5, 5.41) is 0. The van der Waals surface area contributed by atoms with E-state index in [2.05, 4.69) is 4.98 Å². The van der Waals surface area contributed by atoms with E-state index in [1.54, 1.807) is 19.4 Å². The topological polar surface area (TPSA) is 53.4 Å². The molecule has 0 unspecified atom stereocenters. The minimum atomic E-state index is -0.321. The molecular formula is C9H14N2O3. The first-order valence-electron chi connectivity index (χ1n) is 4.52. The van der Waals surface area contributed by atoms with Gasteiger partial charge >= 0.3 is 5.97 Å². The number of nitrogens with zero attached hydrogens (tertiary/aromatic N) is 2. The van der Waals surface area contributed by atoms with E-state index in [4.69, 9.17) is 9.47 Å². The predicted molar refractivity (Wildman–Crippen MR) is 49.7 cm³/mol. The summed E-state index contributed by atoms with van der Waals surface area (Å²) in [7, 11) is 0. The summed E-state index contributed by atoms with van der Waals surface area (Å²) in [5.74, 6) is -0.321. The normalized spacial score (nSPS) is 10.1. The molecule has 0 aromatic carbocycles. The molecule has 5 nitrogen and oxygen atoms in total. The smallest absolute Gasteiger partial charge is 0.332 e. The van der Waals surface area contributed by atoms with Crippen molar-refractivity contribution >= 4 is 5.97 Å². The van der Waals surface area contributed by atoms with Gasteiger partial charge in [0.1, 0.15) is 6.61 Å². The minimum absolute atomic E-state index is 0.0164. The van der Waals surface area contributed by atoms with Crippen molar-refractivity contribution in [2.75, 3.05) is 19.8 Å². The Morgan fingerprint density at radius 2 is 2.43 bits per heavy atom. The Balaban J connectivity index is 2.02. The molecule has 0 bridgehead atoms. The Labute approximate surface area is 82.6 Å². The maximum absolute atomic E-state index is 10.8. The van der Waals surface area contributed by atoms with Crippen LogP contribution in [-0.2, 0) is 20.8 Å².